The third kappa shape index (κ3) is 4.31. The number of hydrogen-bond donors (Lipinski definition) is 3. The van der Waals surface area contributed by atoms with Crippen LogP contribution in [0.5, 0.6) is 0 Å². The first kappa shape index (κ1) is 22.2. The highest BCUT2D eigenvalue weighted by atomic mass is 16.5. The van der Waals surface area contributed by atoms with Crippen LogP contribution in [0, 0.1) is 6.92 Å². The number of esters is 1. The van der Waals surface area contributed by atoms with E-state index in [0.29, 0.717) is 22.5 Å². The van der Waals surface area contributed by atoms with Gasteiger partial charge in [-0.3, -0.25) is 4.79 Å². The van der Waals surface area contributed by atoms with Crippen LogP contribution in [-0.2, 0) is 9.53 Å². The van der Waals surface area contributed by atoms with Gasteiger partial charge in [0.25, 0.3) is 5.91 Å². The molecule has 1 aliphatic heterocycles. The van der Waals surface area contributed by atoms with Gasteiger partial charge in [-0.1, -0.05) is 48.5 Å². The van der Waals surface area contributed by atoms with E-state index in [1.54, 1.807) is 31.5 Å². The largest absolute Gasteiger partial charge is 0.462 e. The predicted molar refractivity (Wildman–Crippen MR) is 137 cm³/mol. The molecule has 4 aromatic rings. The molecule has 0 radical (unpaired) electrons. The van der Waals surface area contributed by atoms with Crippen LogP contribution < -0.4 is 10.6 Å². The average Bonchev–Trinajstić information content (AvgIpc) is 3.45. The first-order valence-corrected chi connectivity index (χ1v) is 11.3. The minimum atomic E-state index is -0.421. The molecular formula is C28H24N4O3. The smallest absolute Gasteiger partial charge is 0.338 e. The lowest BCUT2D eigenvalue weighted by molar-refractivity contribution is -0.110. The molecule has 0 aliphatic carbocycles. The van der Waals surface area contributed by atoms with Crippen LogP contribution in [0.15, 0.2) is 79.1 Å². The number of carbonyl (C=O) groups is 2. The molecule has 3 N–H and O–H groups in total. The van der Waals surface area contributed by atoms with Gasteiger partial charge in [-0.2, -0.15) is 0 Å². The Hall–Kier alpha value is -4.65. The monoisotopic (exact) mass is 464 g/mol. The van der Waals surface area contributed by atoms with Crippen molar-refractivity contribution in [2.24, 2.45) is 0 Å². The number of aryl methyl sites for hydroxylation is 1. The number of aromatic amines is 1. The molecule has 7 heteroatoms. The number of ether oxygens (including phenoxy) is 1. The number of fused-ring (bicyclic) bond motifs is 1. The maximum Gasteiger partial charge on any atom is 0.338 e. The molecule has 0 bridgehead atoms. The van der Waals surface area contributed by atoms with Gasteiger partial charge in [-0.05, 0) is 43.7 Å². The summed E-state index contributed by atoms with van der Waals surface area (Å²) in [5, 5.41) is 6.35. The Morgan fingerprint density at radius 3 is 2.46 bits per heavy atom. The molecule has 0 saturated heterocycles. The molecule has 0 atom stereocenters. The molecule has 7 nitrogen and oxygen atoms in total. The van der Waals surface area contributed by atoms with Gasteiger partial charge in [0.05, 0.1) is 41.1 Å². The maximum atomic E-state index is 13.2. The number of H-pyrrole nitrogens is 1. The van der Waals surface area contributed by atoms with Crippen molar-refractivity contribution < 1.29 is 14.3 Å². The quantitative estimate of drug-likeness (QED) is 0.259. The van der Waals surface area contributed by atoms with Crippen molar-refractivity contribution in [1.29, 1.82) is 0 Å². The van der Waals surface area contributed by atoms with E-state index in [1.807, 2.05) is 61.5 Å². The molecule has 1 aliphatic rings. The average molecular weight is 465 g/mol. The maximum absolute atomic E-state index is 13.2. The number of benzene rings is 3. The molecule has 0 unspecified atom stereocenters. The van der Waals surface area contributed by atoms with Crippen molar-refractivity contribution in [3.05, 3.63) is 102 Å². The van der Waals surface area contributed by atoms with E-state index in [1.165, 1.54) is 0 Å². The number of carbonyl (C=O) groups excluding carboxylic acids is 2. The standard InChI is InChI=1S/C28H24N4O3/c1-3-35-28(34)20-11-14-22-23(15-20)32-27(33)24(22)26(18-7-5-4-6-8-18)31-21-12-9-19(10-13-21)25-17(2)29-16-30-25/h4-16,31H,3H2,1-2H3,(H,29,30)(H,32,33). The van der Waals surface area contributed by atoms with Crippen molar-refractivity contribution in [2.45, 2.75) is 13.8 Å². The van der Waals surface area contributed by atoms with E-state index in [9.17, 15) is 9.59 Å². The lowest BCUT2D eigenvalue weighted by Crippen LogP contribution is -2.10. The molecule has 0 spiro atoms. The van der Waals surface area contributed by atoms with Crippen LogP contribution in [0.3, 0.4) is 0 Å². The number of rotatable bonds is 6. The summed E-state index contributed by atoms with van der Waals surface area (Å²) in [6.07, 6.45) is 1.68. The molecule has 0 saturated carbocycles. The summed E-state index contributed by atoms with van der Waals surface area (Å²) in [5.41, 5.74) is 7.48. The number of amides is 1. The second-order valence-electron chi connectivity index (χ2n) is 8.13. The predicted octanol–water partition coefficient (Wildman–Crippen LogP) is 5.49. The zero-order valence-corrected chi connectivity index (χ0v) is 19.4. The summed E-state index contributed by atoms with van der Waals surface area (Å²) < 4.78 is 5.10. The first-order chi connectivity index (χ1) is 17.0. The van der Waals surface area contributed by atoms with Gasteiger partial charge in [0.2, 0.25) is 0 Å². The number of imidazole rings is 1. The molecular weight excluding hydrogens is 440 g/mol. The van der Waals surface area contributed by atoms with Gasteiger partial charge < -0.3 is 20.4 Å². The van der Waals surface area contributed by atoms with E-state index in [2.05, 4.69) is 20.6 Å². The van der Waals surface area contributed by atoms with Crippen molar-refractivity contribution >= 4 is 34.5 Å². The molecule has 5 rings (SSSR count). The van der Waals surface area contributed by atoms with Crippen molar-refractivity contribution in [1.82, 2.24) is 9.97 Å². The molecule has 0 fully saturated rings. The topological polar surface area (TPSA) is 96.1 Å². The SMILES string of the molecule is CCOC(=O)c1ccc2c(c1)NC(=O)C2=C(Nc1ccc(-c2nc[nH]c2C)cc1)c1ccccc1. The van der Waals surface area contributed by atoms with Gasteiger partial charge in [0.1, 0.15) is 0 Å². The van der Waals surface area contributed by atoms with Gasteiger partial charge in [-0.25, -0.2) is 9.78 Å². The van der Waals surface area contributed by atoms with E-state index in [-0.39, 0.29) is 12.5 Å². The summed E-state index contributed by atoms with van der Waals surface area (Å²) in [7, 11) is 0. The van der Waals surface area contributed by atoms with Crippen molar-refractivity contribution in [2.75, 3.05) is 17.2 Å². The van der Waals surface area contributed by atoms with Crippen molar-refractivity contribution in [3.63, 3.8) is 0 Å². The summed E-state index contributed by atoms with van der Waals surface area (Å²) in [4.78, 5) is 32.8. The van der Waals surface area contributed by atoms with Crippen LogP contribution in [0.25, 0.3) is 22.5 Å². The number of nitrogens with one attached hydrogen (secondary N) is 3. The summed E-state index contributed by atoms with van der Waals surface area (Å²) in [6.45, 7) is 4.03. The van der Waals surface area contributed by atoms with Gasteiger partial charge in [0.15, 0.2) is 0 Å². The van der Waals surface area contributed by atoms with Crippen molar-refractivity contribution in [3.8, 4) is 11.3 Å². The fraction of sp³-hybridized carbons (Fsp3) is 0.107. The lowest BCUT2D eigenvalue weighted by Gasteiger charge is -2.15. The van der Waals surface area contributed by atoms with Gasteiger partial charge in [0, 0.05) is 22.5 Å². The molecule has 2 heterocycles. The highest BCUT2D eigenvalue weighted by molar-refractivity contribution is 6.37. The minimum absolute atomic E-state index is 0.240. The number of aromatic nitrogens is 2. The Morgan fingerprint density at radius 2 is 1.77 bits per heavy atom. The third-order valence-electron chi connectivity index (χ3n) is 5.85. The fourth-order valence-corrected chi connectivity index (χ4v) is 4.15. The molecule has 3 aromatic carbocycles. The Labute approximate surface area is 202 Å². The molecule has 174 valence electrons. The highest BCUT2D eigenvalue weighted by Crippen LogP contribution is 2.38. The van der Waals surface area contributed by atoms with Crippen LogP contribution in [0.1, 0.15) is 34.1 Å². The lowest BCUT2D eigenvalue weighted by atomic mass is 9.99. The number of hydrogen-bond acceptors (Lipinski definition) is 5. The van der Waals surface area contributed by atoms with Gasteiger partial charge in [-0.15, -0.1) is 0 Å². The zero-order valence-electron chi connectivity index (χ0n) is 19.4. The highest BCUT2D eigenvalue weighted by Gasteiger charge is 2.29. The fourth-order valence-electron chi connectivity index (χ4n) is 4.15. The third-order valence-corrected chi connectivity index (χ3v) is 5.85. The Balaban J connectivity index is 1.56. The Morgan fingerprint density at radius 1 is 1.00 bits per heavy atom. The van der Waals surface area contributed by atoms with Crippen LogP contribution in [0.2, 0.25) is 0 Å². The number of nitrogens with zero attached hydrogens (tertiary/aromatic N) is 1. The molecule has 35 heavy (non-hydrogen) atoms. The minimum Gasteiger partial charge on any atom is -0.462 e. The second kappa shape index (κ2) is 9.30. The van der Waals surface area contributed by atoms with E-state index >= 15 is 0 Å². The second-order valence-corrected chi connectivity index (χ2v) is 8.13. The molecule has 1 aromatic heterocycles. The van der Waals surface area contributed by atoms with E-state index in [0.717, 1.165) is 33.8 Å². The first-order valence-electron chi connectivity index (χ1n) is 11.3. The molecule has 1 amide bonds. The van der Waals surface area contributed by atoms with Crippen LogP contribution in [-0.4, -0.2) is 28.5 Å². The van der Waals surface area contributed by atoms with Crippen LogP contribution >= 0.6 is 0 Å². The van der Waals surface area contributed by atoms with Gasteiger partial charge >= 0.3 is 5.97 Å². The zero-order chi connectivity index (χ0) is 24.4. The normalized spacial score (nSPS) is 13.7. The van der Waals surface area contributed by atoms with Crippen LogP contribution in [0.4, 0.5) is 11.4 Å². The summed E-state index contributed by atoms with van der Waals surface area (Å²) in [6, 6.07) is 22.7. The van der Waals surface area contributed by atoms with E-state index < -0.39 is 5.97 Å². The summed E-state index contributed by atoms with van der Waals surface area (Å²) >= 11 is 0. The summed E-state index contributed by atoms with van der Waals surface area (Å²) in [5.74, 6) is -0.660. The Kier molecular flexibility index (Phi) is 5.89. The van der Waals surface area contributed by atoms with E-state index in [4.69, 9.17) is 4.74 Å². The number of anilines is 2. The Bertz CT molecular complexity index is 1440.